The van der Waals surface area contributed by atoms with Crippen LogP contribution in [-0.4, -0.2) is 27.1 Å². The Kier molecular flexibility index (Phi) is 5.84. The van der Waals surface area contributed by atoms with Gasteiger partial charge in [0, 0.05) is 10.2 Å². The van der Waals surface area contributed by atoms with Gasteiger partial charge in [-0.05, 0) is 36.4 Å². The Hall–Kier alpha value is -1.64. The van der Waals surface area contributed by atoms with E-state index >= 15 is 0 Å². The lowest BCUT2D eigenvalue weighted by Gasteiger charge is -2.22. The first-order valence-corrected chi connectivity index (χ1v) is 9.67. The zero-order valence-electron chi connectivity index (χ0n) is 12.5. The fraction of sp³-hybridized carbons (Fsp3) is 0.133. The number of carbonyl (C=O) groups is 1. The van der Waals surface area contributed by atoms with E-state index in [0.29, 0.717) is 5.69 Å². The molecule has 0 aliphatic rings. The number of hydrogen-bond acceptors (Lipinski definition) is 3. The topological polar surface area (TPSA) is 66.5 Å². The van der Waals surface area contributed by atoms with Crippen LogP contribution in [0.15, 0.2) is 46.9 Å². The highest BCUT2D eigenvalue weighted by Crippen LogP contribution is 2.24. The molecule has 9 heteroatoms. The van der Waals surface area contributed by atoms with Gasteiger partial charge in [0.15, 0.2) is 0 Å². The van der Waals surface area contributed by atoms with Crippen molar-refractivity contribution in [1.29, 1.82) is 0 Å². The highest BCUT2D eigenvalue weighted by Gasteiger charge is 2.21. The molecule has 0 unspecified atom stereocenters. The minimum atomic E-state index is -3.76. The number of halogens is 3. The molecule has 2 rings (SSSR count). The molecule has 2 aromatic carbocycles. The summed E-state index contributed by atoms with van der Waals surface area (Å²) < 4.78 is 38.8. The Labute approximate surface area is 152 Å². The summed E-state index contributed by atoms with van der Waals surface area (Å²) in [5.74, 6) is -1.22. The highest BCUT2D eigenvalue weighted by molar-refractivity contribution is 9.10. The Morgan fingerprint density at radius 1 is 1.29 bits per heavy atom. The quantitative estimate of drug-likeness (QED) is 0.780. The lowest BCUT2D eigenvalue weighted by molar-refractivity contribution is -0.114. The summed E-state index contributed by atoms with van der Waals surface area (Å²) in [6.45, 7) is -0.465. The van der Waals surface area contributed by atoms with Crippen LogP contribution in [0, 0.1) is 5.82 Å². The van der Waals surface area contributed by atoms with Crippen LogP contribution in [-0.2, 0) is 14.8 Å². The van der Waals surface area contributed by atoms with Gasteiger partial charge in [-0.15, -0.1) is 0 Å². The van der Waals surface area contributed by atoms with Gasteiger partial charge in [-0.2, -0.15) is 0 Å². The maximum Gasteiger partial charge on any atom is 0.245 e. The average molecular weight is 436 g/mol. The molecule has 0 spiro atoms. The molecule has 1 N–H and O–H groups in total. The molecule has 0 saturated carbocycles. The number of benzene rings is 2. The monoisotopic (exact) mass is 434 g/mol. The minimum Gasteiger partial charge on any atom is -0.324 e. The van der Waals surface area contributed by atoms with Crippen LogP contribution in [0.2, 0.25) is 5.02 Å². The van der Waals surface area contributed by atoms with Gasteiger partial charge >= 0.3 is 0 Å². The van der Waals surface area contributed by atoms with Gasteiger partial charge in [-0.1, -0.05) is 33.6 Å². The fourth-order valence-electron chi connectivity index (χ4n) is 1.94. The summed E-state index contributed by atoms with van der Waals surface area (Å²) in [5.41, 5.74) is 0.619. The number of carbonyl (C=O) groups excluding carboxylic acids is 1. The first-order chi connectivity index (χ1) is 11.2. The maximum absolute atomic E-state index is 13.3. The molecule has 0 saturated heterocycles. The van der Waals surface area contributed by atoms with Gasteiger partial charge in [-0.3, -0.25) is 9.10 Å². The van der Waals surface area contributed by atoms with Crippen molar-refractivity contribution >= 4 is 54.8 Å². The maximum atomic E-state index is 13.3. The van der Waals surface area contributed by atoms with E-state index in [2.05, 4.69) is 21.2 Å². The third-order valence-corrected chi connectivity index (χ3v) is 4.91. The van der Waals surface area contributed by atoms with Crippen molar-refractivity contribution < 1.29 is 17.6 Å². The number of hydrogen-bond donors (Lipinski definition) is 1. The molecule has 2 aromatic rings. The predicted molar refractivity (Wildman–Crippen MR) is 96.4 cm³/mol. The number of amides is 1. The van der Waals surface area contributed by atoms with E-state index in [1.807, 2.05) is 0 Å². The Bertz CT molecular complexity index is 877. The molecule has 24 heavy (non-hydrogen) atoms. The first-order valence-electron chi connectivity index (χ1n) is 6.65. The third-order valence-electron chi connectivity index (χ3n) is 2.99. The molecule has 0 fully saturated rings. The van der Waals surface area contributed by atoms with Crippen molar-refractivity contribution in [3.8, 4) is 0 Å². The van der Waals surface area contributed by atoms with Crippen molar-refractivity contribution in [1.82, 2.24) is 0 Å². The lowest BCUT2D eigenvalue weighted by atomic mass is 10.3. The summed E-state index contributed by atoms with van der Waals surface area (Å²) in [5, 5.41) is 2.37. The molecule has 0 aliphatic carbocycles. The van der Waals surface area contributed by atoms with Crippen LogP contribution in [0.4, 0.5) is 15.8 Å². The van der Waals surface area contributed by atoms with Crippen LogP contribution >= 0.6 is 27.5 Å². The summed E-state index contributed by atoms with van der Waals surface area (Å²) in [7, 11) is -3.76. The smallest absolute Gasteiger partial charge is 0.245 e. The molecular formula is C15H13BrClFN2O3S. The Morgan fingerprint density at radius 3 is 2.58 bits per heavy atom. The van der Waals surface area contributed by atoms with Crippen LogP contribution in [0.25, 0.3) is 0 Å². The largest absolute Gasteiger partial charge is 0.324 e. The van der Waals surface area contributed by atoms with Gasteiger partial charge in [0.1, 0.15) is 12.4 Å². The molecule has 0 aliphatic heterocycles. The van der Waals surface area contributed by atoms with Crippen LogP contribution < -0.4 is 9.62 Å². The molecule has 0 heterocycles. The number of nitrogens with one attached hydrogen (secondary N) is 1. The van der Waals surface area contributed by atoms with Gasteiger partial charge in [-0.25, -0.2) is 12.8 Å². The standard InChI is InChI=1S/C15H13BrClFN2O3S/c1-24(22,23)20(12-5-6-14(18)13(17)8-12)9-15(21)19-11-4-2-3-10(16)7-11/h2-8H,9H2,1H3,(H,19,21). The number of anilines is 2. The van der Waals surface area contributed by atoms with Gasteiger partial charge in [0.2, 0.25) is 15.9 Å². The predicted octanol–water partition coefficient (Wildman–Crippen LogP) is 3.65. The zero-order chi connectivity index (χ0) is 17.9. The second-order valence-corrected chi connectivity index (χ2v) is 8.16. The van der Waals surface area contributed by atoms with Gasteiger partial charge < -0.3 is 5.32 Å². The highest BCUT2D eigenvalue weighted by atomic mass is 79.9. The summed E-state index contributed by atoms with van der Waals surface area (Å²) in [4.78, 5) is 12.2. The average Bonchev–Trinajstić information content (AvgIpc) is 2.47. The molecule has 0 bridgehead atoms. The van der Waals surface area contributed by atoms with E-state index in [0.717, 1.165) is 27.2 Å². The van der Waals surface area contributed by atoms with Crippen LogP contribution in [0.3, 0.4) is 0 Å². The molecule has 0 atom stereocenters. The van der Waals surface area contributed by atoms with E-state index in [1.54, 1.807) is 24.3 Å². The van der Waals surface area contributed by atoms with Crippen molar-refractivity contribution in [2.45, 2.75) is 0 Å². The second kappa shape index (κ2) is 7.50. The van der Waals surface area contributed by atoms with Crippen LogP contribution in [0.5, 0.6) is 0 Å². The van der Waals surface area contributed by atoms with E-state index in [1.165, 1.54) is 6.07 Å². The van der Waals surface area contributed by atoms with E-state index in [4.69, 9.17) is 11.6 Å². The Morgan fingerprint density at radius 2 is 2.00 bits per heavy atom. The van der Waals surface area contributed by atoms with E-state index in [-0.39, 0.29) is 10.7 Å². The summed E-state index contributed by atoms with van der Waals surface area (Å²) >= 11 is 8.97. The minimum absolute atomic E-state index is 0.105. The molecule has 0 radical (unpaired) electrons. The van der Waals surface area contributed by atoms with Gasteiger partial charge in [0.25, 0.3) is 0 Å². The molecular weight excluding hydrogens is 423 g/mol. The molecule has 1 amide bonds. The lowest BCUT2D eigenvalue weighted by Crippen LogP contribution is -2.37. The number of sulfonamides is 1. The van der Waals surface area contributed by atoms with Crippen molar-refractivity contribution in [3.63, 3.8) is 0 Å². The Balaban J connectivity index is 2.23. The van der Waals surface area contributed by atoms with Gasteiger partial charge in [0.05, 0.1) is 17.0 Å². The van der Waals surface area contributed by atoms with Crippen LogP contribution in [0.1, 0.15) is 0 Å². The normalized spacial score (nSPS) is 11.2. The first kappa shape index (κ1) is 18.7. The fourth-order valence-corrected chi connectivity index (χ4v) is 3.36. The summed E-state index contributed by atoms with van der Waals surface area (Å²) in [6.07, 6.45) is 0.955. The molecule has 128 valence electrons. The molecule has 0 aromatic heterocycles. The van der Waals surface area contributed by atoms with Crippen molar-refractivity contribution in [3.05, 3.63) is 57.8 Å². The SMILES string of the molecule is CS(=O)(=O)N(CC(=O)Nc1cccc(Br)c1)c1ccc(F)c(Cl)c1. The van der Waals surface area contributed by atoms with Crippen molar-refractivity contribution in [2.24, 2.45) is 0 Å². The summed E-state index contributed by atoms with van der Waals surface area (Å²) in [6, 6.07) is 10.3. The van der Waals surface area contributed by atoms with E-state index < -0.39 is 28.3 Å². The number of nitrogens with zero attached hydrogens (tertiary/aromatic N) is 1. The van der Waals surface area contributed by atoms with Crippen molar-refractivity contribution in [2.75, 3.05) is 22.4 Å². The zero-order valence-corrected chi connectivity index (χ0v) is 15.6. The second-order valence-electron chi connectivity index (χ2n) is 4.93. The third kappa shape index (κ3) is 4.93. The molecule has 5 nitrogen and oxygen atoms in total. The number of rotatable bonds is 5. The van der Waals surface area contributed by atoms with E-state index in [9.17, 15) is 17.6 Å².